The van der Waals surface area contributed by atoms with Crippen molar-refractivity contribution in [1.29, 1.82) is 0 Å². The minimum Gasteiger partial charge on any atom is -0.206 e. The van der Waals surface area contributed by atoms with E-state index in [0.29, 0.717) is 23.1 Å². The van der Waals surface area contributed by atoms with Gasteiger partial charge in [-0.3, -0.25) is 0 Å². The Hall–Kier alpha value is -1.77. The van der Waals surface area contributed by atoms with Crippen LogP contribution in [0.3, 0.4) is 0 Å². The molecule has 3 rings (SSSR count). The predicted octanol–water partition coefficient (Wildman–Crippen LogP) is 4.62. The monoisotopic (exact) mass is 248 g/mol. The van der Waals surface area contributed by atoms with Crippen molar-refractivity contribution in [3.05, 3.63) is 46.8 Å². The zero-order chi connectivity index (χ0) is 13.0. The normalized spacial score (nSPS) is 11.8. The molecule has 2 aromatic carbocycles. The molecule has 1 aliphatic rings. The van der Waals surface area contributed by atoms with Gasteiger partial charge in [0.05, 0.1) is 0 Å². The summed E-state index contributed by atoms with van der Waals surface area (Å²) in [5.74, 6) is -2.25. The third-order valence-corrected chi connectivity index (χ3v) is 3.53. The molecule has 0 spiro atoms. The summed E-state index contributed by atoms with van der Waals surface area (Å²) in [6.07, 6.45) is 0.532. The molecule has 0 heterocycles. The molecule has 0 atom stereocenters. The highest BCUT2D eigenvalue weighted by Gasteiger charge is 2.32. The van der Waals surface area contributed by atoms with Gasteiger partial charge in [0.2, 0.25) is 0 Å². The molecule has 0 fully saturated rings. The first-order valence-electron chi connectivity index (χ1n) is 5.87. The van der Waals surface area contributed by atoms with E-state index in [-0.39, 0.29) is 16.7 Å². The van der Waals surface area contributed by atoms with E-state index in [1.165, 1.54) is 6.92 Å². The number of fused-ring (bicyclic) bond motifs is 4. The van der Waals surface area contributed by atoms with Crippen molar-refractivity contribution >= 4 is 0 Å². The summed E-state index contributed by atoms with van der Waals surface area (Å²) in [6, 6.07) is 5.05. The van der Waals surface area contributed by atoms with Crippen LogP contribution in [-0.4, -0.2) is 0 Å². The Balaban J connectivity index is 2.31. The minimum atomic E-state index is -0.940. The van der Waals surface area contributed by atoms with Crippen molar-refractivity contribution in [2.75, 3.05) is 0 Å². The lowest BCUT2D eigenvalue weighted by molar-refractivity contribution is 0.504. The maximum absolute atomic E-state index is 14.1. The smallest absolute Gasteiger partial charge is 0.167 e. The lowest BCUT2D eigenvalue weighted by Gasteiger charge is -2.26. The molecule has 0 nitrogen and oxygen atoms in total. The fraction of sp³-hybridized carbons (Fsp3) is 0.200. The van der Waals surface area contributed by atoms with E-state index < -0.39 is 17.5 Å². The second kappa shape index (κ2) is 3.61. The van der Waals surface area contributed by atoms with E-state index in [1.807, 2.05) is 6.92 Å². The molecule has 1 aliphatic carbocycles. The van der Waals surface area contributed by atoms with E-state index in [2.05, 4.69) is 0 Å². The number of halogens is 3. The van der Waals surface area contributed by atoms with Crippen molar-refractivity contribution in [1.82, 2.24) is 0 Å². The summed E-state index contributed by atoms with van der Waals surface area (Å²) < 4.78 is 41.5. The highest BCUT2D eigenvalue weighted by molar-refractivity contribution is 6.03. The second-order valence-corrected chi connectivity index (χ2v) is 4.56. The summed E-state index contributed by atoms with van der Waals surface area (Å²) in [4.78, 5) is 0. The topological polar surface area (TPSA) is 0 Å². The third kappa shape index (κ3) is 1.22. The molecule has 3 heteroatoms. The summed E-state index contributed by atoms with van der Waals surface area (Å²) in [5, 5.41) is 0. The van der Waals surface area contributed by atoms with Gasteiger partial charge in [0.15, 0.2) is 11.6 Å². The molecule has 0 saturated heterocycles. The predicted molar refractivity (Wildman–Crippen MR) is 64.9 cm³/mol. The largest absolute Gasteiger partial charge is 0.206 e. The average molecular weight is 248 g/mol. The molecule has 0 radical (unpaired) electrons. The van der Waals surface area contributed by atoms with Gasteiger partial charge in [-0.15, -0.1) is 0 Å². The highest BCUT2D eigenvalue weighted by atomic mass is 19.2. The van der Waals surface area contributed by atoms with Crippen LogP contribution in [0.5, 0.6) is 0 Å². The first-order chi connectivity index (χ1) is 8.56. The summed E-state index contributed by atoms with van der Waals surface area (Å²) in [6.45, 7) is 3.34. The molecule has 0 bridgehead atoms. The lowest BCUT2D eigenvalue weighted by Crippen LogP contribution is -2.09. The second-order valence-electron chi connectivity index (χ2n) is 4.56. The molecular formula is C15H11F3. The standard InChI is InChI=1S/C15H11F3/c1-3-8-4-5-9-10-6-7(2)13(16)15(18)12(10)11(9)14(8)17/h4-6H,3H2,1-2H3. The van der Waals surface area contributed by atoms with Gasteiger partial charge in [0, 0.05) is 11.1 Å². The van der Waals surface area contributed by atoms with Crippen molar-refractivity contribution in [3.8, 4) is 22.3 Å². The molecule has 0 saturated carbocycles. The Bertz CT molecular complexity index is 672. The molecule has 0 amide bonds. The van der Waals surface area contributed by atoms with Gasteiger partial charge in [-0.25, -0.2) is 13.2 Å². The number of aryl methyl sites for hydroxylation is 2. The van der Waals surface area contributed by atoms with Crippen LogP contribution in [0.2, 0.25) is 0 Å². The first kappa shape index (κ1) is 11.3. The van der Waals surface area contributed by atoms with Crippen LogP contribution < -0.4 is 0 Å². The van der Waals surface area contributed by atoms with Crippen molar-refractivity contribution in [2.45, 2.75) is 20.3 Å². The van der Waals surface area contributed by atoms with Crippen molar-refractivity contribution in [3.63, 3.8) is 0 Å². The van der Waals surface area contributed by atoms with Gasteiger partial charge in [-0.1, -0.05) is 19.1 Å². The zero-order valence-corrected chi connectivity index (χ0v) is 10.1. The average Bonchev–Trinajstić information content (AvgIpc) is 2.34. The molecule has 0 unspecified atom stereocenters. The molecule has 0 N–H and O–H groups in total. The van der Waals surface area contributed by atoms with E-state index in [0.717, 1.165) is 0 Å². The molecule has 0 aromatic heterocycles. The van der Waals surface area contributed by atoms with Crippen LogP contribution >= 0.6 is 0 Å². The number of rotatable bonds is 1. The number of benzene rings is 2. The molecule has 2 aromatic rings. The van der Waals surface area contributed by atoms with E-state index in [9.17, 15) is 13.2 Å². The Labute approximate surface area is 103 Å². The van der Waals surface area contributed by atoms with Gasteiger partial charge >= 0.3 is 0 Å². The maximum atomic E-state index is 14.1. The fourth-order valence-corrected chi connectivity index (χ4v) is 2.51. The van der Waals surface area contributed by atoms with Gasteiger partial charge in [-0.05, 0) is 41.7 Å². The summed E-state index contributed by atoms with van der Waals surface area (Å²) >= 11 is 0. The van der Waals surface area contributed by atoms with Crippen LogP contribution in [0.4, 0.5) is 13.2 Å². The molecule has 18 heavy (non-hydrogen) atoms. The van der Waals surface area contributed by atoms with Gasteiger partial charge < -0.3 is 0 Å². The van der Waals surface area contributed by atoms with E-state index >= 15 is 0 Å². The molecular weight excluding hydrogens is 237 g/mol. The van der Waals surface area contributed by atoms with Crippen molar-refractivity contribution < 1.29 is 13.2 Å². The minimum absolute atomic E-state index is 0.0842. The van der Waals surface area contributed by atoms with Crippen LogP contribution in [0.25, 0.3) is 22.3 Å². The van der Waals surface area contributed by atoms with Crippen LogP contribution in [-0.2, 0) is 6.42 Å². The maximum Gasteiger partial charge on any atom is 0.167 e. The summed E-state index contributed by atoms with van der Waals surface area (Å²) in [7, 11) is 0. The zero-order valence-electron chi connectivity index (χ0n) is 10.1. The SMILES string of the molecule is CCc1ccc2c(c1F)-c1c-2cc(C)c(F)c1F. The Morgan fingerprint density at radius 1 is 0.889 bits per heavy atom. The summed E-state index contributed by atoms with van der Waals surface area (Å²) in [5.41, 5.74) is 2.35. The van der Waals surface area contributed by atoms with Gasteiger partial charge in [-0.2, -0.15) is 0 Å². The van der Waals surface area contributed by atoms with Crippen molar-refractivity contribution in [2.24, 2.45) is 0 Å². The van der Waals surface area contributed by atoms with E-state index in [1.54, 1.807) is 18.2 Å². The van der Waals surface area contributed by atoms with E-state index in [4.69, 9.17) is 0 Å². The van der Waals surface area contributed by atoms with Crippen LogP contribution in [0, 0.1) is 24.4 Å². The Morgan fingerprint density at radius 3 is 2.22 bits per heavy atom. The Kier molecular flexibility index (Phi) is 2.27. The van der Waals surface area contributed by atoms with Gasteiger partial charge in [0.25, 0.3) is 0 Å². The highest BCUT2D eigenvalue weighted by Crippen LogP contribution is 2.51. The Morgan fingerprint density at radius 2 is 1.56 bits per heavy atom. The third-order valence-electron chi connectivity index (χ3n) is 3.53. The molecule has 92 valence electrons. The lowest BCUT2D eigenvalue weighted by atomic mass is 9.78. The number of hydrogen-bond acceptors (Lipinski definition) is 0. The van der Waals surface area contributed by atoms with Crippen LogP contribution in [0.1, 0.15) is 18.1 Å². The molecule has 0 aliphatic heterocycles. The quantitative estimate of drug-likeness (QED) is 0.589. The van der Waals surface area contributed by atoms with Crippen LogP contribution in [0.15, 0.2) is 18.2 Å². The van der Waals surface area contributed by atoms with Gasteiger partial charge in [0.1, 0.15) is 5.82 Å². The number of hydrogen-bond donors (Lipinski definition) is 0. The first-order valence-corrected chi connectivity index (χ1v) is 5.87. The fourth-order valence-electron chi connectivity index (χ4n) is 2.51.